The number of ether oxygens (including phenoxy) is 1. The summed E-state index contributed by atoms with van der Waals surface area (Å²) in [5, 5.41) is 11.1. The van der Waals surface area contributed by atoms with Gasteiger partial charge in [-0.2, -0.15) is 0 Å². The molecule has 7 nitrogen and oxygen atoms in total. The molecule has 1 heterocycles. The van der Waals surface area contributed by atoms with E-state index >= 15 is 0 Å². The average Bonchev–Trinajstić information content (AvgIpc) is 3.02. The first-order valence-corrected chi connectivity index (χ1v) is 10.1. The number of nitrogens with two attached hydrogens (primary N) is 1. The van der Waals surface area contributed by atoms with Gasteiger partial charge < -0.3 is 15.9 Å². The molecule has 152 valence electrons. The summed E-state index contributed by atoms with van der Waals surface area (Å²) in [5.74, 6) is 7.24. The molecule has 8 heteroatoms. The van der Waals surface area contributed by atoms with Crippen molar-refractivity contribution in [1.29, 1.82) is 0 Å². The van der Waals surface area contributed by atoms with E-state index in [1.807, 2.05) is 57.2 Å². The summed E-state index contributed by atoms with van der Waals surface area (Å²) in [6, 6.07) is 13.6. The fraction of sp³-hybridized carbons (Fsp3) is 0.286. The molecule has 0 spiro atoms. The van der Waals surface area contributed by atoms with Crippen molar-refractivity contribution in [3.05, 3.63) is 65.0 Å². The molecule has 0 unspecified atom stereocenters. The van der Waals surface area contributed by atoms with E-state index in [4.69, 9.17) is 10.6 Å². The number of nitrogens with one attached hydrogen (secondary N) is 1. The van der Waals surface area contributed by atoms with E-state index < -0.39 is 5.25 Å². The zero-order valence-electron chi connectivity index (χ0n) is 17.0. The molecule has 3 aromatic rings. The van der Waals surface area contributed by atoms with Crippen molar-refractivity contribution in [2.24, 2.45) is 0 Å². The first-order valence-electron chi connectivity index (χ1n) is 9.27. The Morgan fingerprint density at radius 3 is 2.52 bits per heavy atom. The Bertz CT molecular complexity index is 1000. The number of anilines is 1. The predicted molar refractivity (Wildman–Crippen MR) is 116 cm³/mol. The highest BCUT2D eigenvalue weighted by atomic mass is 32.2. The lowest BCUT2D eigenvalue weighted by Crippen LogP contribution is -2.24. The lowest BCUT2D eigenvalue weighted by Gasteiger charge is -2.12. The van der Waals surface area contributed by atoms with Gasteiger partial charge >= 0.3 is 0 Å². The Kier molecular flexibility index (Phi) is 6.43. The maximum atomic E-state index is 12.4. The van der Waals surface area contributed by atoms with Gasteiger partial charge in [0.1, 0.15) is 12.4 Å². The van der Waals surface area contributed by atoms with Gasteiger partial charge in [-0.05, 0) is 51.5 Å². The SMILES string of the molecule is Cc1ccc(NC(=O)[C@H](C)Sc2nnc(COc3ccc(C)cc3C)n2N)cc1. The van der Waals surface area contributed by atoms with Crippen LogP contribution in [-0.2, 0) is 11.4 Å². The third kappa shape index (κ3) is 5.29. The van der Waals surface area contributed by atoms with Gasteiger partial charge in [0.25, 0.3) is 0 Å². The Labute approximate surface area is 174 Å². The van der Waals surface area contributed by atoms with Gasteiger partial charge in [-0.3, -0.25) is 4.79 Å². The van der Waals surface area contributed by atoms with Gasteiger partial charge in [0.05, 0.1) is 5.25 Å². The van der Waals surface area contributed by atoms with Crippen molar-refractivity contribution in [2.45, 2.75) is 44.7 Å². The molecule has 0 aliphatic heterocycles. The highest BCUT2D eigenvalue weighted by molar-refractivity contribution is 8.00. The average molecular weight is 412 g/mol. The number of nitrogens with zero attached hydrogens (tertiary/aromatic N) is 3. The molecule has 1 amide bonds. The third-order valence-electron chi connectivity index (χ3n) is 4.39. The van der Waals surface area contributed by atoms with Crippen LogP contribution in [0.2, 0.25) is 0 Å². The van der Waals surface area contributed by atoms with Gasteiger partial charge in [-0.15, -0.1) is 10.2 Å². The Balaban J connectivity index is 1.59. The quantitative estimate of drug-likeness (QED) is 0.455. The summed E-state index contributed by atoms with van der Waals surface area (Å²) < 4.78 is 7.19. The number of thioether (sulfide) groups is 1. The highest BCUT2D eigenvalue weighted by Gasteiger charge is 2.20. The third-order valence-corrected chi connectivity index (χ3v) is 5.45. The van der Waals surface area contributed by atoms with E-state index in [-0.39, 0.29) is 12.5 Å². The summed E-state index contributed by atoms with van der Waals surface area (Å²) >= 11 is 1.25. The number of nitrogen functional groups attached to an aromatic ring is 1. The van der Waals surface area contributed by atoms with Crippen LogP contribution in [0.4, 0.5) is 5.69 Å². The van der Waals surface area contributed by atoms with Crippen LogP contribution in [0.5, 0.6) is 5.75 Å². The molecule has 0 aliphatic carbocycles. The van der Waals surface area contributed by atoms with Crippen LogP contribution in [-0.4, -0.2) is 26.0 Å². The van der Waals surface area contributed by atoms with E-state index in [9.17, 15) is 4.79 Å². The summed E-state index contributed by atoms with van der Waals surface area (Å²) in [7, 11) is 0. The zero-order chi connectivity index (χ0) is 21.0. The highest BCUT2D eigenvalue weighted by Crippen LogP contribution is 2.23. The number of hydrogen-bond acceptors (Lipinski definition) is 6. The molecule has 3 N–H and O–H groups in total. The van der Waals surface area contributed by atoms with Crippen LogP contribution in [0.15, 0.2) is 47.6 Å². The normalized spacial score (nSPS) is 11.9. The van der Waals surface area contributed by atoms with Gasteiger partial charge in [0.2, 0.25) is 11.1 Å². The molecule has 0 aliphatic rings. The van der Waals surface area contributed by atoms with E-state index in [0.29, 0.717) is 11.0 Å². The van der Waals surface area contributed by atoms with Crippen LogP contribution in [0, 0.1) is 20.8 Å². The molecular weight excluding hydrogens is 386 g/mol. The molecule has 3 rings (SSSR count). The standard InChI is InChI=1S/C21H25N5O2S/c1-13-5-8-17(9-6-13)23-20(27)16(4)29-21-25-24-19(26(21)22)12-28-18-10-7-14(2)11-15(18)3/h5-11,16H,12,22H2,1-4H3,(H,23,27)/t16-/m0/s1. The van der Waals surface area contributed by atoms with Crippen molar-refractivity contribution >= 4 is 23.4 Å². The topological polar surface area (TPSA) is 95.1 Å². The molecule has 0 bridgehead atoms. The number of aromatic nitrogens is 3. The lowest BCUT2D eigenvalue weighted by molar-refractivity contribution is -0.115. The van der Waals surface area contributed by atoms with Crippen LogP contribution in [0.3, 0.4) is 0 Å². The monoisotopic (exact) mass is 411 g/mol. The van der Waals surface area contributed by atoms with E-state index in [2.05, 4.69) is 21.6 Å². The molecule has 29 heavy (non-hydrogen) atoms. The van der Waals surface area contributed by atoms with Gasteiger partial charge in [-0.1, -0.05) is 47.2 Å². The van der Waals surface area contributed by atoms with Crippen molar-refractivity contribution in [3.63, 3.8) is 0 Å². The maximum absolute atomic E-state index is 12.4. The van der Waals surface area contributed by atoms with Crippen molar-refractivity contribution < 1.29 is 9.53 Å². The van der Waals surface area contributed by atoms with Crippen LogP contribution < -0.4 is 15.9 Å². The van der Waals surface area contributed by atoms with Gasteiger partial charge in [-0.25, -0.2) is 4.68 Å². The van der Waals surface area contributed by atoms with E-state index in [1.165, 1.54) is 22.0 Å². The number of amides is 1. The number of aryl methyl sites for hydroxylation is 3. The molecule has 1 atom stereocenters. The van der Waals surface area contributed by atoms with Crippen molar-refractivity contribution in [3.8, 4) is 5.75 Å². The van der Waals surface area contributed by atoms with Crippen molar-refractivity contribution in [2.75, 3.05) is 11.2 Å². The minimum absolute atomic E-state index is 0.130. The molecule has 0 saturated heterocycles. The number of rotatable bonds is 7. The fourth-order valence-corrected chi connectivity index (χ4v) is 3.47. The second kappa shape index (κ2) is 9.00. The van der Waals surface area contributed by atoms with E-state index in [0.717, 1.165) is 22.6 Å². The first kappa shape index (κ1) is 20.7. The molecule has 0 saturated carbocycles. The zero-order valence-corrected chi connectivity index (χ0v) is 17.8. The summed E-state index contributed by atoms with van der Waals surface area (Å²) in [4.78, 5) is 12.4. The lowest BCUT2D eigenvalue weighted by atomic mass is 10.1. The number of carbonyl (C=O) groups is 1. The number of hydrogen-bond donors (Lipinski definition) is 2. The molecule has 1 aromatic heterocycles. The largest absolute Gasteiger partial charge is 0.485 e. The minimum Gasteiger partial charge on any atom is -0.485 e. The molecule has 0 fully saturated rings. The Morgan fingerprint density at radius 2 is 1.83 bits per heavy atom. The molecule has 0 radical (unpaired) electrons. The van der Waals surface area contributed by atoms with Crippen molar-refractivity contribution in [1.82, 2.24) is 14.9 Å². The van der Waals surface area contributed by atoms with Crippen LogP contribution in [0.25, 0.3) is 0 Å². The van der Waals surface area contributed by atoms with E-state index in [1.54, 1.807) is 6.92 Å². The summed E-state index contributed by atoms with van der Waals surface area (Å²) in [6.07, 6.45) is 0. The second-order valence-corrected chi connectivity index (χ2v) is 8.25. The first-order chi connectivity index (χ1) is 13.8. The Morgan fingerprint density at radius 1 is 1.14 bits per heavy atom. The number of benzene rings is 2. The van der Waals surface area contributed by atoms with Gasteiger partial charge in [0.15, 0.2) is 5.82 Å². The summed E-state index contributed by atoms with van der Waals surface area (Å²) in [5.41, 5.74) is 4.11. The predicted octanol–water partition coefficient (Wildman–Crippen LogP) is 3.62. The number of carbonyl (C=O) groups excluding carboxylic acids is 1. The minimum atomic E-state index is -0.393. The van der Waals surface area contributed by atoms with Crippen LogP contribution >= 0.6 is 11.8 Å². The summed E-state index contributed by atoms with van der Waals surface area (Å²) in [6.45, 7) is 8.02. The second-order valence-electron chi connectivity index (χ2n) is 6.94. The Hall–Kier alpha value is -3.00. The smallest absolute Gasteiger partial charge is 0.237 e. The van der Waals surface area contributed by atoms with Crippen LogP contribution in [0.1, 0.15) is 29.4 Å². The molecular formula is C21H25N5O2S. The fourth-order valence-electron chi connectivity index (χ4n) is 2.68. The molecule has 2 aromatic carbocycles. The maximum Gasteiger partial charge on any atom is 0.237 e. The van der Waals surface area contributed by atoms with Gasteiger partial charge in [0, 0.05) is 5.69 Å².